The topological polar surface area (TPSA) is 75.3 Å². The van der Waals surface area contributed by atoms with Crippen molar-refractivity contribution in [3.05, 3.63) is 54.6 Å². The van der Waals surface area contributed by atoms with E-state index >= 15 is 0 Å². The number of rotatable bonds is 7. The molecule has 0 fully saturated rings. The molecule has 0 aliphatic heterocycles. The van der Waals surface area contributed by atoms with Crippen molar-refractivity contribution >= 4 is 38.9 Å². The van der Waals surface area contributed by atoms with Crippen LogP contribution in [0.1, 0.15) is 12.8 Å². The normalized spacial score (nSPS) is 11.0. The number of carbonyl (C=O) groups excluding carboxylic acids is 1. The van der Waals surface area contributed by atoms with Crippen molar-refractivity contribution in [3.63, 3.8) is 0 Å². The average Bonchev–Trinajstić information content (AvgIpc) is 2.54. The Bertz CT molecular complexity index is 747. The second-order valence-corrected chi connectivity index (χ2v) is 6.90. The van der Waals surface area contributed by atoms with E-state index in [9.17, 15) is 13.2 Å². The Morgan fingerprint density at radius 3 is 2.22 bits per heavy atom. The van der Waals surface area contributed by atoms with E-state index in [2.05, 4.69) is 10.0 Å². The molecule has 0 heterocycles. The number of amides is 1. The standard InChI is InChI=1S/C16H17ClN2O3S/c17-12-4-7-16(20)18-13-8-10-15(11-9-13)23(21,22)19-14-5-2-1-3-6-14/h1-3,5-6,8-11,19H,4,7,12H2,(H,18,20). The summed E-state index contributed by atoms with van der Waals surface area (Å²) in [4.78, 5) is 11.7. The van der Waals surface area contributed by atoms with Crippen molar-refractivity contribution in [2.24, 2.45) is 0 Å². The van der Waals surface area contributed by atoms with Gasteiger partial charge in [-0.3, -0.25) is 9.52 Å². The molecule has 0 aliphatic carbocycles. The molecule has 0 aliphatic rings. The minimum atomic E-state index is -3.65. The number of hydrogen-bond acceptors (Lipinski definition) is 3. The summed E-state index contributed by atoms with van der Waals surface area (Å²) in [6.45, 7) is 0. The third kappa shape index (κ3) is 5.26. The lowest BCUT2D eigenvalue weighted by molar-refractivity contribution is -0.116. The van der Waals surface area contributed by atoms with Gasteiger partial charge in [0, 0.05) is 23.7 Å². The van der Waals surface area contributed by atoms with E-state index < -0.39 is 10.0 Å². The van der Waals surface area contributed by atoms with E-state index in [1.54, 1.807) is 42.5 Å². The van der Waals surface area contributed by atoms with Crippen LogP contribution in [0.15, 0.2) is 59.5 Å². The maximum absolute atomic E-state index is 12.3. The summed E-state index contributed by atoms with van der Waals surface area (Å²) in [6.07, 6.45) is 0.931. The number of hydrogen-bond donors (Lipinski definition) is 2. The summed E-state index contributed by atoms with van der Waals surface area (Å²) in [5.41, 5.74) is 1.04. The van der Waals surface area contributed by atoms with Crippen LogP contribution in [0.25, 0.3) is 0 Å². The molecule has 2 rings (SSSR count). The number of benzene rings is 2. The Labute approximate surface area is 140 Å². The third-order valence-electron chi connectivity index (χ3n) is 3.01. The molecule has 0 radical (unpaired) electrons. The SMILES string of the molecule is O=C(CCCCl)Nc1ccc(S(=O)(=O)Nc2ccccc2)cc1. The lowest BCUT2D eigenvalue weighted by atomic mass is 10.3. The first-order chi connectivity index (χ1) is 11.0. The summed E-state index contributed by atoms with van der Waals surface area (Å²) in [5, 5.41) is 2.69. The summed E-state index contributed by atoms with van der Waals surface area (Å²) < 4.78 is 27.0. The van der Waals surface area contributed by atoms with Gasteiger partial charge in [0.2, 0.25) is 5.91 Å². The lowest BCUT2D eigenvalue weighted by Crippen LogP contribution is -2.14. The molecule has 1 amide bonds. The molecule has 7 heteroatoms. The second-order valence-electron chi connectivity index (χ2n) is 4.84. The highest BCUT2D eigenvalue weighted by Gasteiger charge is 2.14. The second kappa shape index (κ2) is 7.99. The van der Waals surface area contributed by atoms with Crippen LogP contribution in [-0.2, 0) is 14.8 Å². The van der Waals surface area contributed by atoms with Crippen LogP contribution >= 0.6 is 11.6 Å². The first kappa shape index (κ1) is 17.3. The lowest BCUT2D eigenvalue weighted by Gasteiger charge is -2.09. The van der Waals surface area contributed by atoms with Gasteiger partial charge in [-0.1, -0.05) is 18.2 Å². The Balaban J connectivity index is 2.05. The summed E-state index contributed by atoms with van der Waals surface area (Å²) in [7, 11) is -3.65. The number of para-hydroxylation sites is 1. The van der Waals surface area contributed by atoms with E-state index in [-0.39, 0.29) is 10.8 Å². The fourth-order valence-corrected chi connectivity index (χ4v) is 3.08. The van der Waals surface area contributed by atoms with E-state index in [0.29, 0.717) is 30.1 Å². The Kier molecular flexibility index (Phi) is 6.01. The summed E-state index contributed by atoms with van der Waals surface area (Å²) in [6, 6.07) is 14.6. The molecule has 0 aromatic heterocycles. The van der Waals surface area contributed by atoms with Crippen LogP contribution in [0.2, 0.25) is 0 Å². The van der Waals surface area contributed by atoms with Gasteiger partial charge in [-0.05, 0) is 42.8 Å². The van der Waals surface area contributed by atoms with Crippen molar-refractivity contribution in [1.29, 1.82) is 0 Å². The molecule has 23 heavy (non-hydrogen) atoms. The molecule has 2 aromatic rings. The quantitative estimate of drug-likeness (QED) is 0.749. The van der Waals surface area contributed by atoms with Crippen LogP contribution < -0.4 is 10.0 Å². The number of sulfonamides is 1. The molecule has 0 saturated heterocycles. The zero-order valence-corrected chi connectivity index (χ0v) is 13.9. The number of halogens is 1. The van der Waals surface area contributed by atoms with Crippen LogP contribution in [-0.4, -0.2) is 20.2 Å². The Morgan fingerprint density at radius 2 is 1.61 bits per heavy atom. The van der Waals surface area contributed by atoms with E-state index in [1.807, 2.05) is 0 Å². The molecule has 0 unspecified atom stereocenters. The predicted octanol–water partition coefficient (Wildman–Crippen LogP) is 3.44. The molecule has 0 bridgehead atoms. The van der Waals surface area contributed by atoms with Crippen molar-refractivity contribution in [2.75, 3.05) is 15.9 Å². The summed E-state index contributed by atoms with van der Waals surface area (Å²) in [5.74, 6) is 0.277. The Morgan fingerprint density at radius 1 is 0.957 bits per heavy atom. The fraction of sp³-hybridized carbons (Fsp3) is 0.188. The van der Waals surface area contributed by atoms with Gasteiger partial charge in [0.1, 0.15) is 0 Å². The maximum Gasteiger partial charge on any atom is 0.261 e. The molecule has 2 aromatic carbocycles. The molecule has 0 atom stereocenters. The first-order valence-corrected chi connectivity index (χ1v) is 9.07. The number of anilines is 2. The molecule has 122 valence electrons. The minimum Gasteiger partial charge on any atom is -0.326 e. The van der Waals surface area contributed by atoms with Crippen molar-refractivity contribution in [2.45, 2.75) is 17.7 Å². The van der Waals surface area contributed by atoms with Gasteiger partial charge in [-0.25, -0.2) is 8.42 Å². The zero-order valence-electron chi connectivity index (χ0n) is 12.3. The van der Waals surface area contributed by atoms with Crippen molar-refractivity contribution in [3.8, 4) is 0 Å². The van der Waals surface area contributed by atoms with E-state index in [1.165, 1.54) is 12.1 Å². The van der Waals surface area contributed by atoms with Gasteiger partial charge in [-0.2, -0.15) is 0 Å². The molecule has 0 saturated carbocycles. The van der Waals surface area contributed by atoms with Gasteiger partial charge in [0.05, 0.1) is 4.90 Å². The highest BCUT2D eigenvalue weighted by atomic mass is 35.5. The monoisotopic (exact) mass is 352 g/mol. The van der Waals surface area contributed by atoms with Crippen molar-refractivity contribution < 1.29 is 13.2 Å². The van der Waals surface area contributed by atoms with Crippen molar-refractivity contribution in [1.82, 2.24) is 0 Å². The average molecular weight is 353 g/mol. The smallest absolute Gasteiger partial charge is 0.261 e. The van der Waals surface area contributed by atoms with Gasteiger partial charge in [-0.15, -0.1) is 11.6 Å². The predicted molar refractivity (Wildman–Crippen MR) is 92.3 cm³/mol. The number of nitrogens with one attached hydrogen (secondary N) is 2. The van der Waals surface area contributed by atoms with Crippen LogP contribution in [0.3, 0.4) is 0 Å². The third-order valence-corrected chi connectivity index (χ3v) is 4.68. The van der Waals surface area contributed by atoms with E-state index in [0.717, 1.165) is 0 Å². The number of carbonyl (C=O) groups is 1. The molecule has 0 spiro atoms. The first-order valence-electron chi connectivity index (χ1n) is 7.05. The van der Waals surface area contributed by atoms with E-state index in [4.69, 9.17) is 11.6 Å². The molecular weight excluding hydrogens is 336 g/mol. The fourth-order valence-electron chi connectivity index (χ4n) is 1.89. The van der Waals surface area contributed by atoms with Gasteiger partial charge in [0.15, 0.2) is 0 Å². The van der Waals surface area contributed by atoms with Crippen LogP contribution in [0.4, 0.5) is 11.4 Å². The highest BCUT2D eigenvalue weighted by molar-refractivity contribution is 7.92. The minimum absolute atomic E-state index is 0.125. The maximum atomic E-state index is 12.3. The number of alkyl halides is 1. The zero-order chi connectivity index (χ0) is 16.7. The van der Waals surface area contributed by atoms with Crippen LogP contribution in [0, 0.1) is 0 Å². The Hall–Kier alpha value is -2.05. The van der Waals surface area contributed by atoms with Crippen LogP contribution in [0.5, 0.6) is 0 Å². The molecular formula is C16H17ClN2O3S. The van der Waals surface area contributed by atoms with Gasteiger partial charge >= 0.3 is 0 Å². The summed E-state index contributed by atoms with van der Waals surface area (Å²) >= 11 is 5.53. The highest BCUT2D eigenvalue weighted by Crippen LogP contribution is 2.18. The largest absolute Gasteiger partial charge is 0.326 e. The van der Waals surface area contributed by atoms with Gasteiger partial charge < -0.3 is 5.32 Å². The molecule has 2 N–H and O–H groups in total. The van der Waals surface area contributed by atoms with Gasteiger partial charge in [0.25, 0.3) is 10.0 Å². The molecule has 5 nitrogen and oxygen atoms in total.